The number of rotatable bonds is 5. The summed E-state index contributed by atoms with van der Waals surface area (Å²) in [5.74, 6) is -1.87. The van der Waals surface area contributed by atoms with Crippen molar-refractivity contribution in [2.45, 2.75) is 37.7 Å². The first-order chi connectivity index (χ1) is 16.2. The first-order valence-corrected chi connectivity index (χ1v) is 13.0. The zero-order chi connectivity index (χ0) is 24.3. The van der Waals surface area contributed by atoms with E-state index in [1.807, 2.05) is 19.9 Å². The number of carbonyl (C=O) groups excluding carboxylic acids is 2. The minimum Gasteiger partial charge on any atom is -0.392 e. The molecular weight excluding hydrogens is 452 g/mol. The van der Waals surface area contributed by atoms with E-state index < -0.39 is 33.4 Å². The molecule has 2 saturated heterocycles. The average Bonchev–Trinajstić information content (AvgIpc) is 3.34. The van der Waals surface area contributed by atoms with E-state index in [2.05, 4.69) is 0 Å². The van der Waals surface area contributed by atoms with Gasteiger partial charge in [0.1, 0.15) is 0 Å². The highest BCUT2D eigenvalue weighted by atomic mass is 32.2. The fourth-order valence-electron chi connectivity index (χ4n) is 5.70. The van der Waals surface area contributed by atoms with Crippen LogP contribution in [0.2, 0.25) is 0 Å². The minimum atomic E-state index is -3.80. The van der Waals surface area contributed by atoms with Crippen molar-refractivity contribution in [2.75, 3.05) is 18.0 Å². The summed E-state index contributed by atoms with van der Waals surface area (Å²) in [7, 11) is -3.80. The minimum absolute atomic E-state index is 0.0834. The predicted molar refractivity (Wildman–Crippen MR) is 127 cm³/mol. The number of sulfonamides is 1. The van der Waals surface area contributed by atoms with Crippen LogP contribution in [0.3, 0.4) is 0 Å². The van der Waals surface area contributed by atoms with Crippen molar-refractivity contribution in [1.29, 1.82) is 0 Å². The molecule has 0 aromatic heterocycles. The summed E-state index contributed by atoms with van der Waals surface area (Å²) in [6.07, 6.45) is 1.59. The topological polar surface area (TPSA) is 95.0 Å². The SMILES string of the molecule is CC[C@H](O)[C@@]12C[C@H]3C(=O)N(c4ccccc4)C(=O)[C@H]3C=C1CN(S(=O)(=O)c1ccc(C)cc1)C2. The van der Waals surface area contributed by atoms with Gasteiger partial charge in [-0.25, -0.2) is 13.3 Å². The van der Waals surface area contributed by atoms with Crippen LogP contribution in [0.5, 0.6) is 0 Å². The Morgan fingerprint density at radius 3 is 2.38 bits per heavy atom. The predicted octanol–water partition coefficient (Wildman–Crippen LogP) is 2.89. The average molecular weight is 481 g/mol. The summed E-state index contributed by atoms with van der Waals surface area (Å²) in [6, 6.07) is 15.5. The Labute approximate surface area is 199 Å². The van der Waals surface area contributed by atoms with Crippen LogP contribution in [0.4, 0.5) is 5.69 Å². The van der Waals surface area contributed by atoms with E-state index in [0.29, 0.717) is 12.1 Å². The Kier molecular flexibility index (Phi) is 5.50. The lowest BCUT2D eigenvalue weighted by Crippen LogP contribution is -2.45. The molecule has 3 aliphatic rings. The summed E-state index contributed by atoms with van der Waals surface area (Å²) >= 11 is 0. The molecule has 2 aliphatic heterocycles. The molecule has 2 heterocycles. The van der Waals surface area contributed by atoms with Crippen LogP contribution in [0, 0.1) is 24.2 Å². The molecule has 1 N–H and O–H groups in total. The zero-order valence-electron chi connectivity index (χ0n) is 19.2. The number of aliphatic hydroxyl groups excluding tert-OH is 1. The maximum absolute atomic E-state index is 13.4. The summed E-state index contributed by atoms with van der Waals surface area (Å²) < 4.78 is 28.2. The van der Waals surface area contributed by atoms with E-state index in [-0.39, 0.29) is 36.2 Å². The van der Waals surface area contributed by atoms with Gasteiger partial charge >= 0.3 is 0 Å². The molecule has 2 fully saturated rings. The highest BCUT2D eigenvalue weighted by molar-refractivity contribution is 7.89. The van der Waals surface area contributed by atoms with Crippen molar-refractivity contribution in [3.8, 4) is 0 Å². The quantitative estimate of drug-likeness (QED) is 0.525. The molecule has 178 valence electrons. The largest absolute Gasteiger partial charge is 0.392 e. The maximum Gasteiger partial charge on any atom is 0.243 e. The Morgan fingerprint density at radius 1 is 1.06 bits per heavy atom. The standard InChI is InChI=1S/C26H28N2O5S/c1-3-23(29)26-14-22-21(24(30)28(25(22)31)19-7-5-4-6-8-19)13-18(26)15-27(16-26)34(32,33)20-11-9-17(2)10-12-20/h4-13,21-23,29H,3,14-16H2,1-2H3/t21-,22+,23-,26+/m0/s1. The smallest absolute Gasteiger partial charge is 0.243 e. The summed E-state index contributed by atoms with van der Waals surface area (Å²) in [5, 5.41) is 11.1. The molecule has 2 aromatic carbocycles. The Balaban J connectivity index is 1.53. The van der Waals surface area contributed by atoms with Crippen LogP contribution in [-0.2, 0) is 19.6 Å². The lowest BCUT2D eigenvalue weighted by atomic mass is 9.64. The number of nitrogens with zero attached hydrogens (tertiary/aromatic N) is 2. The number of aliphatic hydroxyl groups is 1. The number of imide groups is 1. The third kappa shape index (κ3) is 3.35. The molecule has 5 rings (SSSR count). The molecular formula is C26H28N2O5S. The second-order valence-electron chi connectivity index (χ2n) is 9.54. The molecule has 0 radical (unpaired) electrons. The Hall–Kier alpha value is -2.81. The van der Waals surface area contributed by atoms with Gasteiger partial charge in [0, 0.05) is 18.5 Å². The second kappa shape index (κ2) is 8.15. The van der Waals surface area contributed by atoms with Crippen LogP contribution in [0.1, 0.15) is 25.3 Å². The van der Waals surface area contributed by atoms with Gasteiger partial charge in [-0.05, 0) is 49.6 Å². The fourth-order valence-corrected chi connectivity index (χ4v) is 7.19. The number of fused-ring (bicyclic) bond motifs is 2. The van der Waals surface area contributed by atoms with Crippen molar-refractivity contribution in [1.82, 2.24) is 4.31 Å². The van der Waals surface area contributed by atoms with Crippen molar-refractivity contribution in [2.24, 2.45) is 17.3 Å². The van der Waals surface area contributed by atoms with E-state index in [1.165, 1.54) is 9.21 Å². The molecule has 1 aliphatic carbocycles. The lowest BCUT2D eigenvalue weighted by Gasteiger charge is -2.40. The van der Waals surface area contributed by atoms with Gasteiger partial charge in [0.25, 0.3) is 0 Å². The van der Waals surface area contributed by atoms with Crippen molar-refractivity contribution >= 4 is 27.5 Å². The molecule has 2 amide bonds. The van der Waals surface area contributed by atoms with Gasteiger partial charge in [0.2, 0.25) is 21.8 Å². The van der Waals surface area contributed by atoms with Gasteiger partial charge in [-0.2, -0.15) is 4.31 Å². The molecule has 2 aromatic rings. The second-order valence-corrected chi connectivity index (χ2v) is 11.5. The molecule has 0 spiro atoms. The Bertz CT molecular complexity index is 1270. The van der Waals surface area contributed by atoms with Crippen molar-refractivity contribution in [3.63, 3.8) is 0 Å². The highest BCUT2D eigenvalue weighted by Gasteiger charge is 2.59. The number of aryl methyl sites for hydroxylation is 1. The number of benzene rings is 2. The van der Waals surface area contributed by atoms with E-state index >= 15 is 0 Å². The normalized spacial score (nSPS) is 28.0. The summed E-state index contributed by atoms with van der Waals surface area (Å²) in [5.41, 5.74) is 1.33. The van der Waals surface area contributed by atoms with Gasteiger partial charge < -0.3 is 5.11 Å². The van der Waals surface area contributed by atoms with Crippen LogP contribution in [-0.4, -0.2) is 48.8 Å². The summed E-state index contributed by atoms with van der Waals surface area (Å²) in [6.45, 7) is 3.92. The molecule has 7 nitrogen and oxygen atoms in total. The lowest BCUT2D eigenvalue weighted by molar-refractivity contribution is -0.123. The third-order valence-electron chi connectivity index (χ3n) is 7.58. The number of hydrogen-bond acceptors (Lipinski definition) is 5. The van der Waals surface area contributed by atoms with Crippen molar-refractivity contribution in [3.05, 3.63) is 71.8 Å². The van der Waals surface area contributed by atoms with Gasteiger partial charge in [-0.15, -0.1) is 0 Å². The maximum atomic E-state index is 13.4. The van der Waals surface area contributed by atoms with E-state index in [1.54, 1.807) is 54.6 Å². The number of para-hydroxylation sites is 1. The number of amides is 2. The molecule has 0 unspecified atom stereocenters. The summed E-state index contributed by atoms with van der Waals surface area (Å²) in [4.78, 5) is 28.1. The van der Waals surface area contributed by atoms with Gasteiger partial charge in [0.15, 0.2) is 0 Å². The van der Waals surface area contributed by atoms with Crippen LogP contribution in [0.15, 0.2) is 71.1 Å². The third-order valence-corrected chi connectivity index (χ3v) is 9.39. The zero-order valence-corrected chi connectivity index (χ0v) is 20.0. The Morgan fingerprint density at radius 2 is 1.74 bits per heavy atom. The number of anilines is 1. The van der Waals surface area contributed by atoms with Crippen LogP contribution >= 0.6 is 0 Å². The number of hydrogen-bond donors (Lipinski definition) is 1. The molecule has 4 atom stereocenters. The first-order valence-electron chi connectivity index (χ1n) is 11.6. The van der Waals surface area contributed by atoms with Crippen LogP contribution in [0.25, 0.3) is 0 Å². The molecule has 8 heteroatoms. The van der Waals surface area contributed by atoms with Gasteiger partial charge in [-0.1, -0.05) is 48.9 Å². The monoisotopic (exact) mass is 480 g/mol. The van der Waals surface area contributed by atoms with Crippen LogP contribution < -0.4 is 4.90 Å². The van der Waals surface area contributed by atoms with E-state index in [9.17, 15) is 23.1 Å². The van der Waals surface area contributed by atoms with E-state index in [0.717, 1.165) is 11.1 Å². The van der Waals surface area contributed by atoms with E-state index in [4.69, 9.17) is 0 Å². The first kappa shape index (κ1) is 23.0. The number of carbonyl (C=O) groups is 2. The molecule has 0 bridgehead atoms. The fraction of sp³-hybridized carbons (Fsp3) is 0.385. The highest BCUT2D eigenvalue weighted by Crippen LogP contribution is 2.53. The molecule has 34 heavy (non-hydrogen) atoms. The van der Waals surface area contributed by atoms with Gasteiger partial charge in [-0.3, -0.25) is 9.59 Å². The van der Waals surface area contributed by atoms with Gasteiger partial charge in [0.05, 0.1) is 28.5 Å². The van der Waals surface area contributed by atoms with Crippen molar-refractivity contribution < 1.29 is 23.1 Å². The molecule has 0 saturated carbocycles.